The number of carbonyl (C=O) groups excluding carboxylic acids is 1. The van der Waals surface area contributed by atoms with Crippen molar-refractivity contribution in [3.63, 3.8) is 0 Å². The van der Waals surface area contributed by atoms with Crippen LogP contribution in [0.1, 0.15) is 10.4 Å². The SMILES string of the molecule is COc1ccc(C=O)c(-c2ccccc2P(=CC#N)(c2ccccc2)c2ccccc2)c1O. The molecule has 4 aromatic carbocycles. The zero-order chi connectivity index (χ0) is 23.3. The first kappa shape index (κ1) is 22.1. The molecule has 0 amide bonds. The third-order valence-electron chi connectivity index (χ3n) is 5.65. The van der Waals surface area contributed by atoms with Gasteiger partial charge in [0.1, 0.15) is 0 Å². The molecule has 0 fully saturated rings. The van der Waals surface area contributed by atoms with Crippen LogP contribution < -0.4 is 20.7 Å². The smallest absolute Gasteiger partial charge is 0.166 e. The predicted octanol–water partition coefficient (Wildman–Crippen LogP) is 4.50. The fraction of sp³-hybridized carbons (Fsp3) is 0.0357. The van der Waals surface area contributed by atoms with Crippen molar-refractivity contribution in [2.45, 2.75) is 0 Å². The summed E-state index contributed by atoms with van der Waals surface area (Å²) in [5, 5.41) is 23.9. The molecule has 0 atom stereocenters. The first-order valence-corrected chi connectivity index (χ1v) is 12.2. The maximum Gasteiger partial charge on any atom is 0.166 e. The van der Waals surface area contributed by atoms with E-state index in [9.17, 15) is 15.2 Å². The minimum absolute atomic E-state index is 0.106. The van der Waals surface area contributed by atoms with Crippen molar-refractivity contribution >= 4 is 34.9 Å². The van der Waals surface area contributed by atoms with Crippen molar-refractivity contribution in [3.8, 4) is 28.7 Å². The molecule has 1 N–H and O–H groups in total. The normalized spacial score (nSPS) is 10.8. The highest BCUT2D eigenvalue weighted by Crippen LogP contribution is 2.48. The lowest BCUT2D eigenvalue weighted by Crippen LogP contribution is -2.28. The van der Waals surface area contributed by atoms with Crippen LogP contribution in [0.15, 0.2) is 97.1 Å². The van der Waals surface area contributed by atoms with Crippen molar-refractivity contribution in [1.82, 2.24) is 0 Å². The molecule has 0 aliphatic carbocycles. The maximum absolute atomic E-state index is 12.0. The highest BCUT2D eigenvalue weighted by molar-refractivity contribution is 7.94. The van der Waals surface area contributed by atoms with Gasteiger partial charge < -0.3 is 9.84 Å². The van der Waals surface area contributed by atoms with Crippen LogP contribution in [0, 0.1) is 11.3 Å². The zero-order valence-electron chi connectivity index (χ0n) is 18.1. The third-order valence-corrected chi connectivity index (χ3v) is 9.53. The number of rotatable bonds is 6. The maximum atomic E-state index is 12.0. The molecule has 0 bridgehead atoms. The lowest BCUT2D eigenvalue weighted by Gasteiger charge is -2.30. The molecule has 5 heteroatoms. The number of methoxy groups -OCH3 is 1. The van der Waals surface area contributed by atoms with Crippen LogP contribution in [0.5, 0.6) is 11.5 Å². The Morgan fingerprint density at radius 2 is 1.42 bits per heavy atom. The third kappa shape index (κ3) is 3.84. The molecule has 0 saturated heterocycles. The van der Waals surface area contributed by atoms with Gasteiger partial charge in [0.25, 0.3) is 0 Å². The molecular weight excluding hydrogens is 429 g/mol. The Morgan fingerprint density at radius 3 is 1.97 bits per heavy atom. The highest BCUT2D eigenvalue weighted by atomic mass is 31.2. The second kappa shape index (κ2) is 9.61. The quantitative estimate of drug-likeness (QED) is 0.346. The van der Waals surface area contributed by atoms with E-state index in [0.29, 0.717) is 16.7 Å². The van der Waals surface area contributed by atoms with Crippen LogP contribution in [0.25, 0.3) is 11.1 Å². The van der Waals surface area contributed by atoms with Gasteiger partial charge in [0.15, 0.2) is 17.8 Å². The van der Waals surface area contributed by atoms with Crippen LogP contribution in [0.4, 0.5) is 0 Å². The minimum Gasteiger partial charge on any atom is -0.504 e. The number of phenols is 1. The van der Waals surface area contributed by atoms with Gasteiger partial charge in [-0.15, -0.1) is 0 Å². The number of carbonyl (C=O) groups is 1. The lowest BCUT2D eigenvalue weighted by atomic mass is 9.98. The van der Waals surface area contributed by atoms with Gasteiger partial charge >= 0.3 is 0 Å². The fourth-order valence-corrected chi connectivity index (χ4v) is 7.82. The summed E-state index contributed by atoms with van der Waals surface area (Å²) in [7, 11) is 1.47. The molecule has 0 heterocycles. The minimum atomic E-state index is -2.58. The van der Waals surface area contributed by atoms with Crippen LogP contribution >= 0.6 is 6.89 Å². The topological polar surface area (TPSA) is 70.3 Å². The standard InChI is InChI=1S/C28H22NO3P/c1-32-25-17-16-21(20-30)27(28(25)31)24-14-8-9-15-26(24)33(19-18-29,22-10-4-2-5-11-22)23-12-6-3-7-13-23/h2-17,19-20,31H,1H3. The summed E-state index contributed by atoms with van der Waals surface area (Å²) in [6, 6.07) is 33.0. The summed E-state index contributed by atoms with van der Waals surface area (Å²) in [6.07, 6.45) is 0.727. The van der Waals surface area contributed by atoms with Gasteiger partial charge in [0, 0.05) is 16.9 Å². The summed E-state index contributed by atoms with van der Waals surface area (Å²) in [4.78, 5) is 12.0. The van der Waals surface area contributed by atoms with Gasteiger partial charge in [-0.05, 0) is 40.5 Å². The highest BCUT2D eigenvalue weighted by Gasteiger charge is 2.29. The number of aromatic hydroxyl groups is 1. The first-order chi connectivity index (χ1) is 16.2. The van der Waals surface area contributed by atoms with E-state index in [1.165, 1.54) is 7.11 Å². The van der Waals surface area contributed by atoms with E-state index in [2.05, 4.69) is 6.07 Å². The number of nitriles is 1. The molecule has 0 spiro atoms. The average Bonchev–Trinajstić information content (AvgIpc) is 2.88. The van der Waals surface area contributed by atoms with Crippen LogP contribution in [-0.4, -0.2) is 24.3 Å². The molecule has 162 valence electrons. The Bertz CT molecular complexity index is 1350. The Morgan fingerprint density at radius 1 is 0.848 bits per heavy atom. The monoisotopic (exact) mass is 451 g/mol. The second-order valence-corrected chi connectivity index (χ2v) is 10.6. The van der Waals surface area contributed by atoms with Crippen molar-refractivity contribution in [3.05, 3.63) is 103 Å². The molecule has 4 aromatic rings. The molecular formula is C28H22NO3P. The molecule has 4 rings (SSSR count). The van der Waals surface area contributed by atoms with E-state index in [1.807, 2.05) is 84.9 Å². The summed E-state index contributed by atoms with van der Waals surface area (Å²) in [5.74, 6) is 1.89. The molecule has 0 saturated carbocycles. The first-order valence-electron chi connectivity index (χ1n) is 10.4. The summed E-state index contributed by atoms with van der Waals surface area (Å²) in [6.45, 7) is -2.58. The lowest BCUT2D eigenvalue weighted by molar-refractivity contribution is 0.112. The molecule has 33 heavy (non-hydrogen) atoms. The van der Waals surface area contributed by atoms with Crippen LogP contribution in [0.2, 0.25) is 0 Å². The van der Waals surface area contributed by atoms with Crippen molar-refractivity contribution in [2.75, 3.05) is 7.11 Å². The largest absolute Gasteiger partial charge is 0.504 e. The number of aldehydes is 1. The fourth-order valence-electron chi connectivity index (χ4n) is 4.18. The molecule has 0 aromatic heterocycles. The Kier molecular flexibility index (Phi) is 6.45. The van der Waals surface area contributed by atoms with Gasteiger partial charge in [0.05, 0.1) is 13.2 Å². The summed E-state index contributed by atoms with van der Waals surface area (Å²) in [5.41, 5.74) is 1.42. The van der Waals surface area contributed by atoms with Crippen molar-refractivity contribution in [2.24, 2.45) is 0 Å². The van der Waals surface area contributed by atoms with Gasteiger partial charge in [0.2, 0.25) is 0 Å². The number of ether oxygens (including phenoxy) is 1. The number of hydrogen-bond acceptors (Lipinski definition) is 4. The number of benzene rings is 4. The number of phenolic OH excluding ortho intramolecular Hbond substituents is 1. The number of nitrogens with zero attached hydrogens (tertiary/aromatic N) is 1. The van der Waals surface area contributed by atoms with Crippen LogP contribution in [0.3, 0.4) is 0 Å². The zero-order valence-corrected chi connectivity index (χ0v) is 18.9. The predicted molar refractivity (Wildman–Crippen MR) is 136 cm³/mol. The van der Waals surface area contributed by atoms with E-state index in [1.54, 1.807) is 17.9 Å². The molecule has 0 aliphatic heterocycles. The number of hydrogen-bond donors (Lipinski definition) is 1. The average molecular weight is 451 g/mol. The second-order valence-electron chi connectivity index (χ2n) is 7.37. The Hall–Kier alpha value is -4.06. The molecule has 0 aliphatic rings. The summed E-state index contributed by atoms with van der Waals surface area (Å²) < 4.78 is 5.33. The van der Waals surface area contributed by atoms with E-state index < -0.39 is 6.89 Å². The molecule has 0 radical (unpaired) electrons. The Labute approximate surface area is 193 Å². The van der Waals surface area contributed by atoms with E-state index in [4.69, 9.17) is 4.74 Å². The van der Waals surface area contributed by atoms with E-state index in [-0.39, 0.29) is 11.5 Å². The van der Waals surface area contributed by atoms with E-state index in [0.717, 1.165) is 22.2 Å². The van der Waals surface area contributed by atoms with Gasteiger partial charge in [-0.2, -0.15) is 5.26 Å². The van der Waals surface area contributed by atoms with E-state index >= 15 is 0 Å². The molecule has 0 unspecified atom stereocenters. The van der Waals surface area contributed by atoms with Crippen molar-refractivity contribution < 1.29 is 14.6 Å². The molecule has 4 nitrogen and oxygen atoms in total. The van der Waals surface area contributed by atoms with Gasteiger partial charge in [-0.25, -0.2) is 0 Å². The van der Waals surface area contributed by atoms with Crippen LogP contribution in [-0.2, 0) is 0 Å². The van der Waals surface area contributed by atoms with Crippen molar-refractivity contribution in [1.29, 1.82) is 5.26 Å². The van der Waals surface area contributed by atoms with Gasteiger partial charge in [-0.1, -0.05) is 84.9 Å². The Balaban J connectivity index is 2.19. The summed E-state index contributed by atoms with van der Waals surface area (Å²) >= 11 is 0. The van der Waals surface area contributed by atoms with Gasteiger partial charge in [-0.3, -0.25) is 4.79 Å².